The van der Waals surface area contributed by atoms with Crippen molar-refractivity contribution < 1.29 is 9.47 Å². The predicted molar refractivity (Wildman–Crippen MR) is 111 cm³/mol. The van der Waals surface area contributed by atoms with Gasteiger partial charge in [-0.1, -0.05) is 48.2 Å². The summed E-state index contributed by atoms with van der Waals surface area (Å²) in [4.78, 5) is 2.26. The number of halogens is 2. The van der Waals surface area contributed by atoms with Crippen LogP contribution in [0.2, 0.25) is 0 Å². The van der Waals surface area contributed by atoms with Crippen molar-refractivity contribution in [3.8, 4) is 17.2 Å². The summed E-state index contributed by atoms with van der Waals surface area (Å²) in [6.07, 6.45) is 4.77. The van der Waals surface area contributed by atoms with Crippen molar-refractivity contribution in [3.63, 3.8) is 0 Å². The second kappa shape index (κ2) is 8.45. The largest absolute Gasteiger partial charge is 0.491 e. The van der Waals surface area contributed by atoms with E-state index in [1.807, 2.05) is 24.3 Å². The standard InChI is InChI=1S/C20H23Br2NO2/c1-3-5-6-7-11-24-17-12-14(21)13-18-19(17)23(4-2)16-10-8-9-15(22)20(16)25-18/h8-10,12-13H,3-7,11H2,1-2H3. The van der Waals surface area contributed by atoms with Crippen LogP contribution in [0.15, 0.2) is 39.3 Å². The van der Waals surface area contributed by atoms with Crippen LogP contribution < -0.4 is 14.4 Å². The van der Waals surface area contributed by atoms with Crippen LogP contribution in [0.1, 0.15) is 39.5 Å². The third kappa shape index (κ3) is 3.98. The molecule has 0 aliphatic carbocycles. The van der Waals surface area contributed by atoms with E-state index in [2.05, 4.69) is 56.7 Å². The Labute approximate surface area is 166 Å². The fourth-order valence-electron chi connectivity index (χ4n) is 3.09. The van der Waals surface area contributed by atoms with Crippen molar-refractivity contribution in [2.75, 3.05) is 18.1 Å². The third-order valence-corrected chi connectivity index (χ3v) is 5.38. The summed E-state index contributed by atoms with van der Waals surface area (Å²) in [5.41, 5.74) is 2.06. The molecule has 134 valence electrons. The zero-order valence-corrected chi connectivity index (χ0v) is 17.8. The molecule has 0 saturated carbocycles. The van der Waals surface area contributed by atoms with Crippen LogP contribution in [0.4, 0.5) is 11.4 Å². The SMILES string of the molecule is CCCCCCOc1cc(Br)cc2c1N(CC)c1cccc(Br)c1O2. The number of anilines is 2. The average Bonchev–Trinajstić information content (AvgIpc) is 2.60. The summed E-state index contributed by atoms with van der Waals surface area (Å²) >= 11 is 7.18. The summed E-state index contributed by atoms with van der Waals surface area (Å²) in [5, 5.41) is 0. The zero-order chi connectivity index (χ0) is 17.8. The van der Waals surface area contributed by atoms with Gasteiger partial charge in [-0.2, -0.15) is 0 Å². The van der Waals surface area contributed by atoms with E-state index in [1.165, 1.54) is 19.3 Å². The fraction of sp³-hybridized carbons (Fsp3) is 0.400. The van der Waals surface area contributed by atoms with E-state index in [0.29, 0.717) is 0 Å². The van der Waals surface area contributed by atoms with E-state index < -0.39 is 0 Å². The van der Waals surface area contributed by atoms with Crippen LogP contribution in [0.5, 0.6) is 17.2 Å². The van der Waals surface area contributed by atoms with Crippen molar-refractivity contribution in [3.05, 3.63) is 39.3 Å². The number of para-hydroxylation sites is 1. The summed E-state index contributed by atoms with van der Waals surface area (Å²) in [7, 11) is 0. The van der Waals surface area contributed by atoms with Gasteiger partial charge in [0.15, 0.2) is 11.5 Å². The van der Waals surface area contributed by atoms with Gasteiger partial charge in [-0.3, -0.25) is 0 Å². The van der Waals surface area contributed by atoms with Crippen LogP contribution in [-0.2, 0) is 0 Å². The highest BCUT2D eigenvalue weighted by atomic mass is 79.9. The molecule has 25 heavy (non-hydrogen) atoms. The minimum atomic E-state index is 0.728. The molecule has 0 amide bonds. The lowest BCUT2D eigenvalue weighted by Crippen LogP contribution is -2.22. The van der Waals surface area contributed by atoms with Gasteiger partial charge < -0.3 is 14.4 Å². The maximum Gasteiger partial charge on any atom is 0.165 e. The summed E-state index contributed by atoms with van der Waals surface area (Å²) < 4.78 is 14.3. The Morgan fingerprint density at radius 2 is 1.92 bits per heavy atom. The average molecular weight is 469 g/mol. The maximum absolute atomic E-state index is 6.21. The van der Waals surface area contributed by atoms with Crippen molar-refractivity contribution >= 4 is 43.2 Å². The molecule has 3 rings (SSSR count). The molecule has 0 fully saturated rings. The van der Waals surface area contributed by atoms with Gasteiger partial charge in [0.25, 0.3) is 0 Å². The molecule has 0 spiro atoms. The van der Waals surface area contributed by atoms with Crippen LogP contribution in [0.3, 0.4) is 0 Å². The van der Waals surface area contributed by atoms with Gasteiger partial charge in [0.05, 0.1) is 16.8 Å². The van der Waals surface area contributed by atoms with E-state index in [9.17, 15) is 0 Å². The van der Waals surface area contributed by atoms with Gasteiger partial charge in [0, 0.05) is 11.0 Å². The Kier molecular flexibility index (Phi) is 6.29. The molecule has 5 heteroatoms. The topological polar surface area (TPSA) is 21.7 Å². The molecule has 0 radical (unpaired) electrons. The molecule has 1 heterocycles. The monoisotopic (exact) mass is 467 g/mol. The molecule has 1 aliphatic heterocycles. The van der Waals surface area contributed by atoms with E-state index in [4.69, 9.17) is 9.47 Å². The molecule has 3 nitrogen and oxygen atoms in total. The highest BCUT2D eigenvalue weighted by Gasteiger charge is 2.28. The Balaban J connectivity index is 1.92. The Morgan fingerprint density at radius 3 is 2.68 bits per heavy atom. The fourth-order valence-corrected chi connectivity index (χ4v) is 3.94. The lowest BCUT2D eigenvalue weighted by molar-refractivity contribution is 0.303. The molecule has 1 aliphatic rings. The van der Waals surface area contributed by atoms with Gasteiger partial charge in [0.2, 0.25) is 0 Å². The van der Waals surface area contributed by atoms with Crippen LogP contribution in [0, 0.1) is 0 Å². The molecular weight excluding hydrogens is 446 g/mol. The highest BCUT2D eigenvalue weighted by Crippen LogP contribution is 2.53. The number of unbranched alkanes of at least 4 members (excludes halogenated alkanes) is 3. The second-order valence-corrected chi connectivity index (χ2v) is 7.86. The van der Waals surface area contributed by atoms with Crippen molar-refractivity contribution in [1.29, 1.82) is 0 Å². The second-order valence-electron chi connectivity index (χ2n) is 6.09. The minimum Gasteiger partial charge on any atom is -0.491 e. The predicted octanol–water partition coefficient (Wildman–Crippen LogP) is 7.43. The van der Waals surface area contributed by atoms with E-state index >= 15 is 0 Å². The zero-order valence-electron chi connectivity index (χ0n) is 14.6. The summed E-state index contributed by atoms with van der Waals surface area (Å²) in [5.74, 6) is 2.54. The van der Waals surface area contributed by atoms with Gasteiger partial charge in [-0.25, -0.2) is 0 Å². The van der Waals surface area contributed by atoms with Crippen molar-refractivity contribution in [2.45, 2.75) is 39.5 Å². The molecular formula is C20H23Br2NO2. The first-order valence-corrected chi connectivity index (χ1v) is 10.4. The molecule has 0 saturated heterocycles. The van der Waals surface area contributed by atoms with Crippen molar-refractivity contribution in [2.24, 2.45) is 0 Å². The van der Waals surface area contributed by atoms with Gasteiger partial charge in [-0.15, -0.1) is 0 Å². The molecule has 0 bridgehead atoms. The molecule has 0 atom stereocenters. The van der Waals surface area contributed by atoms with Crippen LogP contribution in [0.25, 0.3) is 0 Å². The van der Waals surface area contributed by atoms with Crippen LogP contribution in [-0.4, -0.2) is 13.2 Å². The Morgan fingerprint density at radius 1 is 1.08 bits per heavy atom. The normalized spacial score (nSPS) is 12.4. The number of hydrogen-bond donors (Lipinski definition) is 0. The number of fused-ring (bicyclic) bond motifs is 2. The first kappa shape index (κ1) is 18.6. The molecule has 0 unspecified atom stereocenters. The van der Waals surface area contributed by atoms with E-state index in [0.717, 1.165) is 57.1 Å². The quantitative estimate of drug-likeness (QED) is 0.394. The Hall–Kier alpha value is -1.20. The molecule has 0 N–H and O–H groups in total. The molecule has 2 aromatic carbocycles. The van der Waals surface area contributed by atoms with E-state index in [1.54, 1.807) is 0 Å². The van der Waals surface area contributed by atoms with Gasteiger partial charge in [0.1, 0.15) is 11.4 Å². The summed E-state index contributed by atoms with van der Waals surface area (Å²) in [6.45, 7) is 5.93. The molecule has 0 aromatic heterocycles. The Bertz CT molecular complexity index is 749. The third-order valence-electron chi connectivity index (χ3n) is 4.30. The lowest BCUT2D eigenvalue weighted by atomic mass is 10.1. The van der Waals surface area contributed by atoms with Crippen LogP contribution >= 0.6 is 31.9 Å². The summed E-state index contributed by atoms with van der Waals surface area (Å²) in [6, 6.07) is 10.2. The number of rotatable bonds is 7. The first-order valence-electron chi connectivity index (χ1n) is 8.86. The number of ether oxygens (including phenoxy) is 2. The van der Waals surface area contributed by atoms with Gasteiger partial charge >= 0.3 is 0 Å². The minimum absolute atomic E-state index is 0.728. The van der Waals surface area contributed by atoms with Crippen molar-refractivity contribution in [1.82, 2.24) is 0 Å². The smallest absolute Gasteiger partial charge is 0.165 e. The molecule has 2 aromatic rings. The van der Waals surface area contributed by atoms with E-state index in [-0.39, 0.29) is 0 Å². The van der Waals surface area contributed by atoms with Gasteiger partial charge in [-0.05, 0) is 53.5 Å². The number of benzene rings is 2. The highest BCUT2D eigenvalue weighted by molar-refractivity contribution is 9.10. The first-order chi connectivity index (χ1) is 12.2. The maximum atomic E-state index is 6.21. The lowest BCUT2D eigenvalue weighted by Gasteiger charge is -2.33. The number of hydrogen-bond acceptors (Lipinski definition) is 3. The number of nitrogens with zero attached hydrogens (tertiary/aromatic N) is 1.